The largest absolute Gasteiger partial charge is 0.309 e. The molecular weight excluding hydrogens is 338 g/mol. The Labute approximate surface area is 155 Å². The van der Waals surface area contributed by atoms with Gasteiger partial charge in [0, 0.05) is 12.7 Å². The van der Waals surface area contributed by atoms with Crippen LogP contribution in [0.3, 0.4) is 0 Å². The van der Waals surface area contributed by atoms with E-state index in [1.807, 2.05) is 49.4 Å². The molecule has 6 heteroatoms. The molecular formula is C21H17N5O. The molecule has 3 heterocycles. The quantitative estimate of drug-likeness (QED) is 0.573. The third kappa shape index (κ3) is 2.79. The fraction of sp³-hybridized carbons (Fsp3) is 0.143. The summed E-state index contributed by atoms with van der Waals surface area (Å²) < 4.78 is 3.15. The van der Waals surface area contributed by atoms with Crippen LogP contribution in [0.4, 0.5) is 0 Å². The van der Waals surface area contributed by atoms with E-state index in [1.165, 1.54) is 10.5 Å². The zero-order valence-electron chi connectivity index (χ0n) is 14.8. The Kier molecular flexibility index (Phi) is 4.05. The number of nitrogens with zero attached hydrogens (tertiary/aromatic N) is 4. The summed E-state index contributed by atoms with van der Waals surface area (Å²) in [4.78, 5) is 17.7. The molecule has 0 radical (unpaired) electrons. The van der Waals surface area contributed by atoms with Gasteiger partial charge in [0.2, 0.25) is 0 Å². The molecule has 0 aliphatic carbocycles. The van der Waals surface area contributed by atoms with Crippen LogP contribution in [0.1, 0.15) is 16.7 Å². The number of aromatic nitrogens is 3. The Morgan fingerprint density at radius 1 is 1.15 bits per heavy atom. The molecule has 0 fully saturated rings. The molecule has 27 heavy (non-hydrogen) atoms. The Hall–Kier alpha value is -3.72. The number of aryl methyl sites for hydroxylation is 3. The molecule has 3 aromatic heterocycles. The summed E-state index contributed by atoms with van der Waals surface area (Å²) in [6, 6.07) is 17.1. The predicted molar refractivity (Wildman–Crippen MR) is 102 cm³/mol. The van der Waals surface area contributed by atoms with Gasteiger partial charge in [-0.3, -0.25) is 14.6 Å². The highest BCUT2D eigenvalue weighted by Crippen LogP contribution is 2.13. The zero-order chi connectivity index (χ0) is 19.0. The van der Waals surface area contributed by atoms with E-state index in [2.05, 4.69) is 4.98 Å². The van der Waals surface area contributed by atoms with E-state index in [9.17, 15) is 10.1 Å². The maximum absolute atomic E-state index is 13.0. The first-order valence-electron chi connectivity index (χ1n) is 8.64. The van der Waals surface area contributed by atoms with E-state index < -0.39 is 0 Å². The second kappa shape index (κ2) is 6.54. The van der Waals surface area contributed by atoms with Crippen LogP contribution in [0.15, 0.2) is 59.5 Å². The number of rotatable bonds is 3. The lowest BCUT2D eigenvalue weighted by Crippen LogP contribution is -2.28. The fourth-order valence-corrected chi connectivity index (χ4v) is 3.28. The number of hydrogen-bond acceptors (Lipinski definition) is 4. The zero-order valence-corrected chi connectivity index (χ0v) is 14.8. The molecule has 0 saturated carbocycles. The average molecular weight is 355 g/mol. The van der Waals surface area contributed by atoms with Gasteiger partial charge in [-0.15, -0.1) is 0 Å². The van der Waals surface area contributed by atoms with Gasteiger partial charge in [0.25, 0.3) is 5.56 Å². The van der Waals surface area contributed by atoms with E-state index in [-0.39, 0.29) is 16.6 Å². The fourth-order valence-electron chi connectivity index (χ4n) is 3.28. The lowest BCUT2D eigenvalue weighted by molar-refractivity contribution is 0.667. The van der Waals surface area contributed by atoms with Crippen LogP contribution < -0.4 is 11.0 Å². The van der Waals surface area contributed by atoms with Crippen molar-refractivity contribution in [3.05, 3.63) is 87.3 Å². The molecule has 0 spiro atoms. The van der Waals surface area contributed by atoms with Gasteiger partial charge in [0.1, 0.15) is 22.9 Å². The first-order chi connectivity index (χ1) is 13.1. The highest BCUT2D eigenvalue weighted by molar-refractivity contribution is 5.78. The molecule has 0 aliphatic rings. The van der Waals surface area contributed by atoms with Gasteiger partial charge in [-0.2, -0.15) is 5.26 Å². The van der Waals surface area contributed by atoms with E-state index in [0.717, 1.165) is 11.1 Å². The third-order valence-electron chi connectivity index (χ3n) is 4.72. The topological polar surface area (TPSA) is 86.9 Å². The van der Waals surface area contributed by atoms with Crippen LogP contribution in [0.2, 0.25) is 0 Å². The molecule has 0 unspecified atom stereocenters. The van der Waals surface area contributed by atoms with E-state index in [1.54, 1.807) is 16.8 Å². The molecule has 0 aliphatic heterocycles. The van der Waals surface area contributed by atoms with Crippen molar-refractivity contribution in [3.8, 4) is 6.07 Å². The van der Waals surface area contributed by atoms with Crippen molar-refractivity contribution in [2.24, 2.45) is 0 Å². The van der Waals surface area contributed by atoms with E-state index >= 15 is 0 Å². The highest BCUT2D eigenvalue weighted by Gasteiger charge is 2.14. The van der Waals surface area contributed by atoms with Gasteiger partial charge in [0.15, 0.2) is 0 Å². The molecule has 0 bridgehead atoms. The maximum Gasteiger partial charge on any atom is 0.267 e. The first kappa shape index (κ1) is 16.7. The second-order valence-corrected chi connectivity index (χ2v) is 6.44. The minimum absolute atomic E-state index is 0.0748. The van der Waals surface area contributed by atoms with Crippen molar-refractivity contribution < 1.29 is 0 Å². The van der Waals surface area contributed by atoms with Crippen LogP contribution in [0, 0.1) is 23.7 Å². The molecule has 0 saturated heterocycles. The lowest BCUT2D eigenvalue weighted by atomic mass is 10.1. The summed E-state index contributed by atoms with van der Waals surface area (Å²) in [6.45, 7) is 2.36. The van der Waals surface area contributed by atoms with Crippen LogP contribution in [-0.4, -0.2) is 14.0 Å². The standard InChI is InChI=1S/C21H17N5O/c1-14-6-5-10-26-19(14)24-20-17(21(26)27)12-16(13-22)18(23)25(20)11-9-15-7-3-2-4-8-15/h2-8,10,12,23H,9,11H2,1H3. The number of pyridine rings is 2. The molecule has 0 atom stereocenters. The van der Waals surface area contributed by atoms with Gasteiger partial charge in [-0.1, -0.05) is 36.4 Å². The van der Waals surface area contributed by atoms with Gasteiger partial charge >= 0.3 is 0 Å². The van der Waals surface area contributed by atoms with Gasteiger partial charge in [-0.05, 0) is 36.6 Å². The van der Waals surface area contributed by atoms with E-state index in [0.29, 0.717) is 29.6 Å². The normalized spacial score (nSPS) is 11.0. The summed E-state index contributed by atoms with van der Waals surface area (Å²) in [5, 5.41) is 18.2. The Bertz CT molecular complexity index is 1330. The monoisotopic (exact) mass is 355 g/mol. The number of nitriles is 1. The van der Waals surface area contributed by atoms with Crippen molar-refractivity contribution in [2.75, 3.05) is 0 Å². The van der Waals surface area contributed by atoms with Crippen molar-refractivity contribution in [3.63, 3.8) is 0 Å². The lowest BCUT2D eigenvalue weighted by Gasteiger charge is -2.13. The van der Waals surface area contributed by atoms with Crippen molar-refractivity contribution in [1.82, 2.24) is 14.0 Å². The molecule has 4 aromatic rings. The molecule has 1 N–H and O–H groups in total. The van der Waals surface area contributed by atoms with Crippen LogP contribution in [-0.2, 0) is 13.0 Å². The first-order valence-corrected chi connectivity index (χ1v) is 8.64. The van der Waals surface area contributed by atoms with Gasteiger partial charge in [-0.25, -0.2) is 4.98 Å². The van der Waals surface area contributed by atoms with Gasteiger partial charge in [0.05, 0.1) is 10.9 Å². The summed E-state index contributed by atoms with van der Waals surface area (Å²) in [6.07, 6.45) is 2.35. The van der Waals surface area contributed by atoms with Gasteiger partial charge < -0.3 is 4.57 Å². The summed E-state index contributed by atoms with van der Waals surface area (Å²) in [5.74, 6) is 0. The molecule has 4 rings (SSSR count). The smallest absolute Gasteiger partial charge is 0.267 e. The van der Waals surface area contributed by atoms with Crippen LogP contribution in [0.5, 0.6) is 0 Å². The summed E-state index contributed by atoms with van der Waals surface area (Å²) in [5.41, 5.74) is 3.01. The van der Waals surface area contributed by atoms with E-state index in [4.69, 9.17) is 5.41 Å². The summed E-state index contributed by atoms with van der Waals surface area (Å²) in [7, 11) is 0. The van der Waals surface area contributed by atoms with Crippen molar-refractivity contribution in [2.45, 2.75) is 19.9 Å². The maximum atomic E-state index is 13.0. The number of benzene rings is 1. The Morgan fingerprint density at radius 2 is 1.93 bits per heavy atom. The number of fused-ring (bicyclic) bond motifs is 2. The molecule has 6 nitrogen and oxygen atoms in total. The third-order valence-corrected chi connectivity index (χ3v) is 4.72. The van der Waals surface area contributed by atoms with Crippen LogP contribution in [0.25, 0.3) is 16.7 Å². The number of nitrogens with one attached hydrogen (secondary N) is 1. The Balaban J connectivity index is 2.01. The number of hydrogen-bond donors (Lipinski definition) is 1. The second-order valence-electron chi connectivity index (χ2n) is 6.44. The Morgan fingerprint density at radius 3 is 2.67 bits per heavy atom. The highest BCUT2D eigenvalue weighted by atomic mass is 16.1. The molecule has 132 valence electrons. The van der Waals surface area contributed by atoms with Crippen molar-refractivity contribution >= 4 is 16.7 Å². The average Bonchev–Trinajstić information content (AvgIpc) is 2.69. The summed E-state index contributed by atoms with van der Waals surface area (Å²) >= 11 is 0. The predicted octanol–water partition coefficient (Wildman–Crippen LogP) is 2.55. The van der Waals surface area contributed by atoms with Crippen LogP contribution >= 0.6 is 0 Å². The minimum Gasteiger partial charge on any atom is -0.309 e. The molecule has 0 amide bonds. The molecule has 1 aromatic carbocycles. The van der Waals surface area contributed by atoms with Crippen molar-refractivity contribution in [1.29, 1.82) is 10.7 Å². The SMILES string of the molecule is Cc1cccn2c(=O)c3cc(C#N)c(=N)n(CCc4ccccc4)c3nc12. The minimum atomic E-state index is -0.233.